The van der Waals surface area contributed by atoms with Crippen molar-refractivity contribution in [3.63, 3.8) is 0 Å². The van der Waals surface area contributed by atoms with E-state index in [-0.39, 0.29) is 11.4 Å². The number of hydrogen-bond donors (Lipinski definition) is 1. The second kappa shape index (κ2) is 5.14. The molecule has 1 fully saturated rings. The van der Waals surface area contributed by atoms with Gasteiger partial charge in [-0.1, -0.05) is 0 Å². The molecule has 0 aromatic carbocycles. The molecular weight excluding hydrogens is 222 g/mol. The number of aromatic nitrogens is 1. The molecular formula is C12H15NO4. The van der Waals surface area contributed by atoms with Crippen molar-refractivity contribution >= 4 is 5.97 Å². The Bertz CT molecular complexity index is 413. The van der Waals surface area contributed by atoms with Crippen molar-refractivity contribution in [3.8, 4) is 5.88 Å². The zero-order valence-electron chi connectivity index (χ0n) is 9.68. The molecule has 1 aliphatic heterocycles. The van der Waals surface area contributed by atoms with Gasteiger partial charge < -0.3 is 14.6 Å². The summed E-state index contributed by atoms with van der Waals surface area (Å²) in [5.74, 6) is -0.505. The number of aromatic carboxylic acids is 1. The molecule has 0 unspecified atom stereocenters. The second-order valence-corrected chi connectivity index (χ2v) is 3.98. The van der Waals surface area contributed by atoms with E-state index in [0.29, 0.717) is 5.92 Å². The van der Waals surface area contributed by atoms with Crippen LogP contribution in [-0.4, -0.2) is 36.4 Å². The molecule has 1 aliphatic rings. The molecule has 5 nitrogen and oxygen atoms in total. The van der Waals surface area contributed by atoms with E-state index >= 15 is 0 Å². The highest BCUT2D eigenvalue weighted by Crippen LogP contribution is 2.28. The third-order valence-corrected chi connectivity index (χ3v) is 2.95. The molecule has 92 valence electrons. The molecule has 2 rings (SSSR count). The minimum absolute atomic E-state index is 0.100. The van der Waals surface area contributed by atoms with Gasteiger partial charge in [0.1, 0.15) is 5.56 Å². The Labute approximate surface area is 99.4 Å². The van der Waals surface area contributed by atoms with Crippen molar-refractivity contribution < 1.29 is 19.4 Å². The molecule has 0 aliphatic carbocycles. The summed E-state index contributed by atoms with van der Waals surface area (Å²) in [6, 6.07) is 3.32. The third kappa shape index (κ3) is 2.55. The van der Waals surface area contributed by atoms with Gasteiger partial charge in [0.25, 0.3) is 0 Å². The summed E-state index contributed by atoms with van der Waals surface area (Å²) < 4.78 is 10.3. The Morgan fingerprint density at radius 3 is 2.76 bits per heavy atom. The average molecular weight is 237 g/mol. The van der Waals surface area contributed by atoms with E-state index in [1.54, 1.807) is 12.1 Å². The average Bonchev–Trinajstić information content (AvgIpc) is 2.39. The van der Waals surface area contributed by atoms with Gasteiger partial charge in [0.05, 0.1) is 7.11 Å². The normalized spacial score (nSPS) is 16.8. The molecule has 17 heavy (non-hydrogen) atoms. The van der Waals surface area contributed by atoms with E-state index in [9.17, 15) is 4.79 Å². The van der Waals surface area contributed by atoms with E-state index in [1.807, 2.05) is 0 Å². The molecule has 5 heteroatoms. The van der Waals surface area contributed by atoms with Gasteiger partial charge >= 0.3 is 5.97 Å². The lowest BCUT2D eigenvalue weighted by molar-refractivity contribution is 0.0691. The Hall–Kier alpha value is -1.62. The smallest absolute Gasteiger partial charge is 0.341 e. The van der Waals surface area contributed by atoms with Gasteiger partial charge in [0, 0.05) is 24.8 Å². The number of carboxylic acids is 1. The van der Waals surface area contributed by atoms with Crippen LogP contribution in [0.15, 0.2) is 12.1 Å². The topological polar surface area (TPSA) is 68.7 Å². The van der Waals surface area contributed by atoms with Crippen molar-refractivity contribution in [2.45, 2.75) is 18.8 Å². The van der Waals surface area contributed by atoms with Crippen LogP contribution in [0.4, 0.5) is 0 Å². The summed E-state index contributed by atoms with van der Waals surface area (Å²) >= 11 is 0. The van der Waals surface area contributed by atoms with Gasteiger partial charge in [-0.2, -0.15) is 0 Å². The highest BCUT2D eigenvalue weighted by molar-refractivity contribution is 5.90. The van der Waals surface area contributed by atoms with Crippen molar-refractivity contribution in [3.05, 3.63) is 23.4 Å². The Morgan fingerprint density at radius 2 is 2.18 bits per heavy atom. The number of pyridine rings is 1. The van der Waals surface area contributed by atoms with E-state index in [0.717, 1.165) is 31.7 Å². The van der Waals surface area contributed by atoms with Crippen LogP contribution in [0, 0.1) is 0 Å². The maximum atomic E-state index is 10.9. The van der Waals surface area contributed by atoms with Crippen molar-refractivity contribution in [2.75, 3.05) is 20.3 Å². The Balaban J connectivity index is 2.27. The first-order valence-corrected chi connectivity index (χ1v) is 5.58. The second-order valence-electron chi connectivity index (χ2n) is 3.98. The molecule has 0 saturated carbocycles. The molecule has 1 N–H and O–H groups in total. The number of nitrogens with zero attached hydrogens (tertiary/aromatic N) is 1. The zero-order valence-corrected chi connectivity index (χ0v) is 9.68. The molecule has 0 radical (unpaired) electrons. The van der Waals surface area contributed by atoms with Crippen molar-refractivity contribution in [1.82, 2.24) is 4.98 Å². The summed E-state index contributed by atoms with van der Waals surface area (Å²) in [5.41, 5.74) is 0.985. The lowest BCUT2D eigenvalue weighted by Gasteiger charge is -2.21. The monoisotopic (exact) mass is 237 g/mol. The molecule has 1 aromatic heterocycles. The number of hydrogen-bond acceptors (Lipinski definition) is 4. The predicted octanol–water partition coefficient (Wildman–Crippen LogP) is 1.68. The maximum Gasteiger partial charge on any atom is 0.341 e. The Kier molecular flexibility index (Phi) is 3.58. The van der Waals surface area contributed by atoms with Crippen LogP contribution < -0.4 is 4.74 Å². The van der Waals surface area contributed by atoms with Crippen LogP contribution in [0.5, 0.6) is 5.88 Å². The minimum atomic E-state index is -1.02. The fourth-order valence-electron chi connectivity index (χ4n) is 1.99. The molecule has 0 bridgehead atoms. The van der Waals surface area contributed by atoms with Gasteiger partial charge in [-0.25, -0.2) is 9.78 Å². The Morgan fingerprint density at radius 1 is 1.47 bits per heavy atom. The lowest BCUT2D eigenvalue weighted by Crippen LogP contribution is -2.16. The molecule has 0 spiro atoms. The van der Waals surface area contributed by atoms with Crippen molar-refractivity contribution in [1.29, 1.82) is 0 Å². The highest BCUT2D eigenvalue weighted by atomic mass is 16.5. The first-order valence-electron chi connectivity index (χ1n) is 5.58. The number of ether oxygens (including phenoxy) is 2. The van der Waals surface area contributed by atoms with E-state index < -0.39 is 5.97 Å². The summed E-state index contributed by atoms with van der Waals surface area (Å²) in [6.07, 6.45) is 1.84. The summed E-state index contributed by atoms with van der Waals surface area (Å²) in [6.45, 7) is 1.46. The largest absolute Gasteiger partial charge is 0.480 e. The summed E-state index contributed by atoms with van der Waals surface area (Å²) in [5, 5.41) is 8.96. The number of methoxy groups -OCH3 is 1. The van der Waals surface area contributed by atoms with E-state index in [4.69, 9.17) is 14.6 Å². The third-order valence-electron chi connectivity index (χ3n) is 2.95. The first kappa shape index (κ1) is 11.9. The van der Waals surface area contributed by atoms with Crippen LogP contribution in [0.25, 0.3) is 0 Å². The zero-order chi connectivity index (χ0) is 12.3. The molecule has 0 amide bonds. The SMILES string of the molecule is COc1nc(C2CCOCC2)ccc1C(=O)O. The van der Waals surface area contributed by atoms with Crippen LogP contribution in [0.2, 0.25) is 0 Å². The number of carbonyl (C=O) groups is 1. The van der Waals surface area contributed by atoms with Gasteiger partial charge in [-0.15, -0.1) is 0 Å². The predicted molar refractivity (Wildman–Crippen MR) is 60.5 cm³/mol. The summed E-state index contributed by atoms with van der Waals surface area (Å²) in [7, 11) is 1.43. The number of rotatable bonds is 3. The van der Waals surface area contributed by atoms with Crippen molar-refractivity contribution in [2.24, 2.45) is 0 Å². The summed E-state index contributed by atoms with van der Waals surface area (Å²) in [4.78, 5) is 15.2. The fraction of sp³-hybridized carbons (Fsp3) is 0.500. The van der Waals surface area contributed by atoms with Crippen LogP contribution >= 0.6 is 0 Å². The van der Waals surface area contributed by atoms with Gasteiger partial charge in [0.2, 0.25) is 5.88 Å². The number of carboxylic acid groups (broad SMARTS) is 1. The van der Waals surface area contributed by atoms with Gasteiger partial charge in [0.15, 0.2) is 0 Å². The molecule has 0 atom stereocenters. The van der Waals surface area contributed by atoms with Crippen LogP contribution in [0.1, 0.15) is 34.8 Å². The fourth-order valence-corrected chi connectivity index (χ4v) is 1.99. The van der Waals surface area contributed by atoms with Gasteiger partial charge in [-0.3, -0.25) is 0 Å². The molecule has 1 aromatic rings. The molecule has 2 heterocycles. The first-order chi connectivity index (χ1) is 8.22. The van der Waals surface area contributed by atoms with Crippen LogP contribution in [-0.2, 0) is 4.74 Å². The van der Waals surface area contributed by atoms with Crippen LogP contribution in [0.3, 0.4) is 0 Å². The van der Waals surface area contributed by atoms with E-state index in [1.165, 1.54) is 7.11 Å². The highest BCUT2D eigenvalue weighted by Gasteiger charge is 2.20. The standard InChI is InChI=1S/C12H15NO4/c1-16-11-9(12(14)15)2-3-10(13-11)8-4-6-17-7-5-8/h2-3,8H,4-7H2,1H3,(H,14,15). The van der Waals surface area contributed by atoms with E-state index in [2.05, 4.69) is 4.98 Å². The quantitative estimate of drug-likeness (QED) is 0.866. The maximum absolute atomic E-state index is 10.9. The molecule has 1 saturated heterocycles. The lowest BCUT2D eigenvalue weighted by atomic mass is 9.95. The minimum Gasteiger partial charge on any atom is -0.480 e. The van der Waals surface area contributed by atoms with Gasteiger partial charge in [-0.05, 0) is 25.0 Å².